The first-order valence-electron chi connectivity index (χ1n) is 12.2. The average molecular weight is 618 g/mol. The van der Waals surface area contributed by atoms with Crippen LogP contribution in [0.3, 0.4) is 0 Å². The number of H-pyrrole nitrogens is 1. The standard InChI is InChI=1S/C25H24Cl2F3N5O4S/c1-2-40(38,39)20-4-3-15(26)9-14(20)11-35-23(36)17-10-19(25(28,29)30)18(21(27)22(17)33-24(35)37)13-34-8-5-16(12-34)32-7-6-31/h3-4,9-10,16,32H,2,5,7-8,11-13H2,1H3,(H,33,37)/t16-/m1/s1. The van der Waals surface area contributed by atoms with Crippen molar-refractivity contribution < 1.29 is 21.6 Å². The van der Waals surface area contributed by atoms with Gasteiger partial charge in [-0.3, -0.25) is 14.3 Å². The number of rotatable bonds is 8. The summed E-state index contributed by atoms with van der Waals surface area (Å²) in [6, 6.07) is 6.43. The molecule has 0 bridgehead atoms. The SMILES string of the molecule is CCS(=O)(=O)c1ccc(Cl)cc1Cn1c(=O)[nH]c2c(Cl)c(CN3CC[C@@H](NCC#N)C3)c(C(F)(F)F)cc2c1=O. The second kappa shape index (κ2) is 11.5. The summed E-state index contributed by atoms with van der Waals surface area (Å²) < 4.78 is 68.4. The Kier molecular flexibility index (Phi) is 8.68. The highest BCUT2D eigenvalue weighted by atomic mass is 35.5. The predicted molar refractivity (Wildman–Crippen MR) is 144 cm³/mol. The molecule has 1 aromatic heterocycles. The molecular formula is C25H24Cl2F3N5O4S. The lowest BCUT2D eigenvalue weighted by Crippen LogP contribution is -2.36. The van der Waals surface area contributed by atoms with E-state index in [1.54, 1.807) is 4.90 Å². The summed E-state index contributed by atoms with van der Waals surface area (Å²) in [4.78, 5) is 30.4. The first kappa shape index (κ1) is 30.1. The number of sulfone groups is 1. The summed E-state index contributed by atoms with van der Waals surface area (Å²) in [7, 11) is -3.77. The minimum Gasteiger partial charge on any atom is -0.305 e. The van der Waals surface area contributed by atoms with E-state index < -0.39 is 49.8 Å². The van der Waals surface area contributed by atoms with Crippen LogP contribution >= 0.6 is 23.2 Å². The fourth-order valence-corrected chi connectivity index (χ4v) is 6.42. The van der Waals surface area contributed by atoms with E-state index in [0.717, 1.165) is 0 Å². The highest BCUT2D eigenvalue weighted by Crippen LogP contribution is 2.39. The molecule has 0 radical (unpaired) electrons. The molecule has 214 valence electrons. The molecule has 0 spiro atoms. The number of halogens is 5. The number of nitrogens with one attached hydrogen (secondary N) is 2. The topological polar surface area (TPSA) is 128 Å². The Morgan fingerprint density at radius 2 is 1.93 bits per heavy atom. The minimum absolute atomic E-state index is 0.0358. The Morgan fingerprint density at radius 1 is 1.20 bits per heavy atom. The van der Waals surface area contributed by atoms with E-state index in [0.29, 0.717) is 30.1 Å². The summed E-state index contributed by atoms with van der Waals surface area (Å²) >= 11 is 12.5. The lowest BCUT2D eigenvalue weighted by atomic mass is 10.0. The second-order valence-corrected chi connectivity index (χ2v) is 12.4. The number of aromatic amines is 1. The zero-order valence-corrected chi connectivity index (χ0v) is 23.4. The molecule has 1 fully saturated rings. The Bertz CT molecular complexity index is 1730. The van der Waals surface area contributed by atoms with Gasteiger partial charge in [-0.25, -0.2) is 13.2 Å². The average Bonchev–Trinajstić information content (AvgIpc) is 3.33. The van der Waals surface area contributed by atoms with Gasteiger partial charge in [-0.15, -0.1) is 0 Å². The number of nitrogens with zero attached hydrogens (tertiary/aromatic N) is 3. The van der Waals surface area contributed by atoms with Crippen LogP contribution in [0, 0.1) is 11.3 Å². The first-order chi connectivity index (χ1) is 18.8. The van der Waals surface area contributed by atoms with E-state index in [2.05, 4.69) is 10.3 Å². The van der Waals surface area contributed by atoms with Gasteiger partial charge in [-0.05, 0) is 41.8 Å². The van der Waals surface area contributed by atoms with Crippen LogP contribution in [0.1, 0.15) is 30.0 Å². The van der Waals surface area contributed by atoms with Gasteiger partial charge in [0.1, 0.15) is 0 Å². The number of nitriles is 1. The van der Waals surface area contributed by atoms with Gasteiger partial charge in [-0.2, -0.15) is 18.4 Å². The van der Waals surface area contributed by atoms with Crippen molar-refractivity contribution >= 4 is 43.9 Å². The monoisotopic (exact) mass is 617 g/mol. The van der Waals surface area contributed by atoms with Gasteiger partial charge in [0.2, 0.25) is 0 Å². The van der Waals surface area contributed by atoms with Crippen molar-refractivity contribution in [1.82, 2.24) is 19.8 Å². The largest absolute Gasteiger partial charge is 0.416 e. The smallest absolute Gasteiger partial charge is 0.305 e. The van der Waals surface area contributed by atoms with Crippen molar-refractivity contribution in [3.8, 4) is 6.07 Å². The van der Waals surface area contributed by atoms with Gasteiger partial charge in [0, 0.05) is 30.7 Å². The predicted octanol–water partition coefficient (Wildman–Crippen LogP) is 3.54. The fourth-order valence-electron chi connectivity index (χ4n) is 4.80. The molecule has 40 heavy (non-hydrogen) atoms. The number of aromatic nitrogens is 2. The van der Waals surface area contributed by atoms with Crippen LogP contribution < -0.4 is 16.6 Å². The van der Waals surface area contributed by atoms with E-state index in [1.165, 1.54) is 25.1 Å². The van der Waals surface area contributed by atoms with Gasteiger partial charge in [0.15, 0.2) is 9.84 Å². The Balaban J connectivity index is 1.83. The highest BCUT2D eigenvalue weighted by Gasteiger charge is 2.37. The zero-order valence-electron chi connectivity index (χ0n) is 21.1. The summed E-state index contributed by atoms with van der Waals surface area (Å²) in [6.45, 7) is 1.62. The third-order valence-corrected chi connectivity index (χ3v) is 9.30. The summed E-state index contributed by atoms with van der Waals surface area (Å²) in [5, 5.41) is 11.0. The van der Waals surface area contributed by atoms with Gasteiger partial charge in [0.25, 0.3) is 5.56 Å². The Hall–Kier alpha value is -2.89. The van der Waals surface area contributed by atoms with Crippen molar-refractivity contribution in [3.05, 3.63) is 71.8 Å². The molecule has 15 heteroatoms. The molecule has 1 aliphatic heterocycles. The molecule has 2 heterocycles. The maximum absolute atomic E-state index is 14.2. The third kappa shape index (κ3) is 6.06. The summed E-state index contributed by atoms with van der Waals surface area (Å²) in [6.07, 6.45) is -4.25. The molecule has 1 aliphatic rings. The van der Waals surface area contributed by atoms with Crippen molar-refractivity contribution in [2.24, 2.45) is 0 Å². The maximum atomic E-state index is 14.2. The van der Waals surface area contributed by atoms with Crippen LogP contribution in [0.25, 0.3) is 10.9 Å². The molecule has 2 aromatic carbocycles. The first-order valence-corrected chi connectivity index (χ1v) is 14.6. The molecule has 3 aromatic rings. The van der Waals surface area contributed by atoms with Crippen molar-refractivity contribution in [2.75, 3.05) is 25.4 Å². The zero-order chi connectivity index (χ0) is 29.4. The van der Waals surface area contributed by atoms with Gasteiger partial charge < -0.3 is 10.3 Å². The molecule has 2 N–H and O–H groups in total. The normalized spacial score (nSPS) is 16.5. The van der Waals surface area contributed by atoms with Crippen LogP contribution in [0.15, 0.2) is 38.8 Å². The number of hydrogen-bond acceptors (Lipinski definition) is 7. The number of alkyl halides is 3. The van der Waals surface area contributed by atoms with E-state index >= 15 is 0 Å². The Morgan fingerprint density at radius 3 is 2.58 bits per heavy atom. The number of likely N-dealkylation sites (tertiary alicyclic amines) is 1. The van der Waals surface area contributed by atoms with Crippen molar-refractivity contribution in [1.29, 1.82) is 5.26 Å². The van der Waals surface area contributed by atoms with Crippen LogP contribution in [-0.2, 0) is 29.1 Å². The van der Waals surface area contributed by atoms with Crippen LogP contribution in [0.5, 0.6) is 0 Å². The highest BCUT2D eigenvalue weighted by molar-refractivity contribution is 7.91. The molecule has 9 nitrogen and oxygen atoms in total. The fraction of sp³-hybridized carbons (Fsp3) is 0.400. The van der Waals surface area contributed by atoms with Crippen LogP contribution in [0.4, 0.5) is 13.2 Å². The molecular weight excluding hydrogens is 594 g/mol. The third-order valence-electron chi connectivity index (χ3n) is 6.82. The van der Waals surface area contributed by atoms with E-state index in [1.807, 2.05) is 6.07 Å². The van der Waals surface area contributed by atoms with E-state index in [4.69, 9.17) is 28.5 Å². The quantitative estimate of drug-likeness (QED) is 0.370. The molecule has 4 rings (SSSR count). The molecule has 0 saturated carbocycles. The van der Waals surface area contributed by atoms with Crippen LogP contribution in [0.2, 0.25) is 10.0 Å². The number of fused-ring (bicyclic) bond motifs is 1. The molecule has 0 amide bonds. The molecule has 0 aliphatic carbocycles. The van der Waals surface area contributed by atoms with Gasteiger partial charge in [-0.1, -0.05) is 30.1 Å². The van der Waals surface area contributed by atoms with E-state index in [-0.39, 0.29) is 51.4 Å². The second-order valence-electron chi connectivity index (χ2n) is 9.37. The lowest BCUT2D eigenvalue weighted by Gasteiger charge is -2.22. The minimum atomic E-state index is -4.87. The van der Waals surface area contributed by atoms with Crippen LogP contribution in [-0.4, -0.2) is 54.3 Å². The lowest BCUT2D eigenvalue weighted by molar-refractivity contribution is -0.138. The van der Waals surface area contributed by atoms with E-state index in [9.17, 15) is 31.2 Å². The molecule has 1 saturated heterocycles. The summed E-state index contributed by atoms with van der Waals surface area (Å²) in [5.74, 6) is -0.260. The van der Waals surface area contributed by atoms with Gasteiger partial charge in [0.05, 0.1) is 51.3 Å². The van der Waals surface area contributed by atoms with Crippen molar-refractivity contribution in [3.63, 3.8) is 0 Å². The molecule has 0 unspecified atom stereocenters. The van der Waals surface area contributed by atoms with Crippen molar-refractivity contribution in [2.45, 2.75) is 43.5 Å². The molecule has 1 atom stereocenters. The summed E-state index contributed by atoms with van der Waals surface area (Å²) in [5.41, 5.74) is -3.67. The van der Waals surface area contributed by atoms with Gasteiger partial charge >= 0.3 is 11.9 Å². The Labute approximate surface area is 237 Å². The maximum Gasteiger partial charge on any atom is 0.416 e. The number of hydrogen-bond donors (Lipinski definition) is 2. The number of benzene rings is 2.